The molecule has 29 heavy (non-hydrogen) atoms. The standard InChI is InChI=1S/C21H29N5O3/c1-14-2-4-15(5-3-14)18-13-23-20-17(24-18)12-16(19(22)27)21(28)26(20)7-6-25-8-10-29-11-9-25/h12-15H,2-11H2,1H3,(H2,22,27). The second-order valence-corrected chi connectivity index (χ2v) is 8.29. The third-order valence-electron chi connectivity index (χ3n) is 6.25. The molecule has 3 heterocycles. The Morgan fingerprint density at radius 2 is 1.93 bits per heavy atom. The van der Waals surface area contributed by atoms with Crippen LogP contribution in [-0.2, 0) is 11.3 Å². The van der Waals surface area contributed by atoms with Crippen LogP contribution in [0.4, 0.5) is 0 Å². The first-order valence-electron chi connectivity index (χ1n) is 10.5. The molecule has 1 aliphatic carbocycles. The molecule has 0 radical (unpaired) electrons. The minimum absolute atomic E-state index is 0.0248. The second kappa shape index (κ2) is 8.59. The molecule has 2 aromatic rings. The van der Waals surface area contributed by atoms with Crippen molar-refractivity contribution in [3.8, 4) is 0 Å². The fourth-order valence-corrected chi connectivity index (χ4v) is 4.36. The summed E-state index contributed by atoms with van der Waals surface area (Å²) >= 11 is 0. The number of aromatic nitrogens is 3. The van der Waals surface area contributed by atoms with E-state index in [0.717, 1.165) is 37.5 Å². The summed E-state index contributed by atoms with van der Waals surface area (Å²) in [7, 11) is 0. The van der Waals surface area contributed by atoms with E-state index in [1.807, 2.05) is 0 Å². The molecule has 0 aromatic carbocycles. The van der Waals surface area contributed by atoms with Gasteiger partial charge in [0.15, 0.2) is 5.65 Å². The van der Waals surface area contributed by atoms with Gasteiger partial charge in [0.05, 0.1) is 25.1 Å². The van der Waals surface area contributed by atoms with Crippen LogP contribution in [-0.4, -0.2) is 58.2 Å². The van der Waals surface area contributed by atoms with Gasteiger partial charge < -0.3 is 10.5 Å². The van der Waals surface area contributed by atoms with E-state index in [9.17, 15) is 9.59 Å². The molecule has 2 N–H and O–H groups in total. The highest BCUT2D eigenvalue weighted by molar-refractivity contribution is 5.95. The van der Waals surface area contributed by atoms with Gasteiger partial charge in [-0.25, -0.2) is 9.97 Å². The minimum atomic E-state index is -0.726. The highest BCUT2D eigenvalue weighted by atomic mass is 16.5. The first-order chi connectivity index (χ1) is 14.0. The smallest absolute Gasteiger partial charge is 0.265 e. The summed E-state index contributed by atoms with van der Waals surface area (Å²) in [6, 6.07) is 1.51. The maximum absolute atomic E-state index is 12.9. The molecule has 156 valence electrons. The molecule has 0 atom stereocenters. The molecule has 0 bridgehead atoms. The first kappa shape index (κ1) is 20.0. The lowest BCUT2D eigenvalue weighted by molar-refractivity contribution is 0.0364. The number of primary amides is 1. The van der Waals surface area contributed by atoms with E-state index in [2.05, 4.69) is 16.8 Å². The normalized spacial score (nSPS) is 23.3. The van der Waals surface area contributed by atoms with Crippen molar-refractivity contribution in [3.05, 3.63) is 33.9 Å². The molecule has 4 rings (SSSR count). The molecule has 0 unspecified atom stereocenters. The third kappa shape index (κ3) is 4.33. The quantitative estimate of drug-likeness (QED) is 0.818. The number of morpholine rings is 1. The van der Waals surface area contributed by atoms with Gasteiger partial charge in [0.25, 0.3) is 11.5 Å². The summed E-state index contributed by atoms with van der Waals surface area (Å²) in [6.07, 6.45) is 6.38. The van der Waals surface area contributed by atoms with E-state index in [1.165, 1.54) is 18.9 Å². The van der Waals surface area contributed by atoms with Crippen LogP contribution in [0.3, 0.4) is 0 Å². The molecular formula is C21H29N5O3. The number of rotatable bonds is 5. The van der Waals surface area contributed by atoms with Crippen LogP contribution in [0.15, 0.2) is 17.1 Å². The molecular weight excluding hydrogens is 370 g/mol. The van der Waals surface area contributed by atoms with E-state index in [0.29, 0.717) is 43.4 Å². The maximum Gasteiger partial charge on any atom is 0.265 e. The summed E-state index contributed by atoms with van der Waals surface area (Å²) < 4.78 is 6.93. The Bertz CT molecular complexity index is 943. The topological polar surface area (TPSA) is 103 Å². The summed E-state index contributed by atoms with van der Waals surface area (Å²) in [5, 5.41) is 0. The van der Waals surface area contributed by atoms with E-state index in [4.69, 9.17) is 15.5 Å². The van der Waals surface area contributed by atoms with Crippen LogP contribution >= 0.6 is 0 Å². The van der Waals surface area contributed by atoms with E-state index < -0.39 is 11.5 Å². The third-order valence-corrected chi connectivity index (χ3v) is 6.25. The Morgan fingerprint density at radius 1 is 1.21 bits per heavy atom. The number of carbonyl (C=O) groups is 1. The van der Waals surface area contributed by atoms with Gasteiger partial charge in [-0.1, -0.05) is 19.8 Å². The Kier molecular flexibility index (Phi) is 5.91. The van der Waals surface area contributed by atoms with Gasteiger partial charge in [-0.05, 0) is 24.8 Å². The molecule has 2 aromatic heterocycles. The van der Waals surface area contributed by atoms with Crippen molar-refractivity contribution >= 4 is 17.1 Å². The predicted molar refractivity (Wildman–Crippen MR) is 110 cm³/mol. The zero-order chi connectivity index (χ0) is 20.4. The van der Waals surface area contributed by atoms with Crippen LogP contribution in [0, 0.1) is 5.92 Å². The predicted octanol–water partition coefficient (Wildman–Crippen LogP) is 1.52. The number of carbonyl (C=O) groups excluding carboxylic acids is 1. The Labute approximate surface area is 170 Å². The molecule has 8 heteroatoms. The van der Waals surface area contributed by atoms with Crippen LogP contribution in [0.25, 0.3) is 11.2 Å². The van der Waals surface area contributed by atoms with Crippen LogP contribution in [0.2, 0.25) is 0 Å². The monoisotopic (exact) mass is 399 g/mol. The average molecular weight is 399 g/mol. The number of hydrogen-bond donors (Lipinski definition) is 1. The highest BCUT2D eigenvalue weighted by Gasteiger charge is 2.23. The number of fused-ring (bicyclic) bond motifs is 1. The van der Waals surface area contributed by atoms with Gasteiger partial charge >= 0.3 is 0 Å². The van der Waals surface area contributed by atoms with E-state index in [1.54, 1.807) is 10.8 Å². The van der Waals surface area contributed by atoms with Crippen molar-refractivity contribution in [3.63, 3.8) is 0 Å². The molecule has 1 amide bonds. The van der Waals surface area contributed by atoms with Gasteiger partial charge in [-0.15, -0.1) is 0 Å². The van der Waals surface area contributed by atoms with Crippen molar-refractivity contribution < 1.29 is 9.53 Å². The molecule has 1 aliphatic heterocycles. The molecule has 0 spiro atoms. The van der Waals surface area contributed by atoms with Crippen molar-refractivity contribution in [1.29, 1.82) is 0 Å². The van der Waals surface area contributed by atoms with E-state index in [-0.39, 0.29) is 5.56 Å². The lowest BCUT2D eigenvalue weighted by atomic mass is 9.81. The number of amides is 1. The fourth-order valence-electron chi connectivity index (χ4n) is 4.36. The lowest BCUT2D eigenvalue weighted by Crippen LogP contribution is -2.40. The zero-order valence-corrected chi connectivity index (χ0v) is 17.0. The minimum Gasteiger partial charge on any atom is -0.379 e. The SMILES string of the molecule is CC1CCC(c2cnc3c(cc(C(N)=O)c(=O)n3CCN3CCOCC3)n2)CC1. The van der Waals surface area contributed by atoms with Crippen LogP contribution < -0.4 is 11.3 Å². The van der Waals surface area contributed by atoms with Crippen molar-refractivity contribution in [2.75, 3.05) is 32.8 Å². The van der Waals surface area contributed by atoms with Crippen molar-refractivity contribution in [2.45, 2.75) is 45.1 Å². The molecule has 8 nitrogen and oxygen atoms in total. The van der Waals surface area contributed by atoms with Gasteiger partial charge in [0.2, 0.25) is 0 Å². The summed E-state index contributed by atoms with van der Waals surface area (Å²) in [6.45, 7) is 6.46. The first-order valence-corrected chi connectivity index (χ1v) is 10.5. The summed E-state index contributed by atoms with van der Waals surface area (Å²) in [4.78, 5) is 36.4. The Morgan fingerprint density at radius 3 is 2.62 bits per heavy atom. The largest absolute Gasteiger partial charge is 0.379 e. The Hall–Kier alpha value is -2.32. The molecule has 1 saturated carbocycles. The van der Waals surface area contributed by atoms with Gasteiger partial charge in [0.1, 0.15) is 11.1 Å². The lowest BCUT2D eigenvalue weighted by Gasteiger charge is -2.27. The fraction of sp³-hybridized carbons (Fsp3) is 0.619. The van der Waals surface area contributed by atoms with Gasteiger partial charge in [-0.3, -0.25) is 19.1 Å². The molecule has 1 saturated heterocycles. The van der Waals surface area contributed by atoms with Crippen molar-refractivity contribution in [2.24, 2.45) is 11.7 Å². The van der Waals surface area contributed by atoms with Gasteiger partial charge in [0, 0.05) is 32.1 Å². The zero-order valence-electron chi connectivity index (χ0n) is 17.0. The number of nitrogens with zero attached hydrogens (tertiary/aromatic N) is 4. The van der Waals surface area contributed by atoms with Crippen LogP contribution in [0.5, 0.6) is 0 Å². The maximum atomic E-state index is 12.9. The number of hydrogen-bond acceptors (Lipinski definition) is 6. The van der Waals surface area contributed by atoms with E-state index >= 15 is 0 Å². The number of nitrogens with two attached hydrogens (primary N) is 1. The number of pyridine rings is 1. The highest BCUT2D eigenvalue weighted by Crippen LogP contribution is 2.34. The Balaban J connectivity index is 1.67. The molecule has 2 aliphatic rings. The average Bonchev–Trinajstić information content (AvgIpc) is 2.73. The van der Waals surface area contributed by atoms with Crippen molar-refractivity contribution in [1.82, 2.24) is 19.4 Å². The second-order valence-electron chi connectivity index (χ2n) is 8.29. The van der Waals surface area contributed by atoms with Crippen LogP contribution in [0.1, 0.15) is 54.6 Å². The summed E-state index contributed by atoms with van der Waals surface area (Å²) in [5.41, 5.74) is 7.08. The molecule has 2 fully saturated rings. The summed E-state index contributed by atoms with van der Waals surface area (Å²) in [5.74, 6) is 0.413. The number of ether oxygens (including phenoxy) is 1. The van der Waals surface area contributed by atoms with Gasteiger partial charge in [-0.2, -0.15) is 0 Å².